The van der Waals surface area contributed by atoms with E-state index in [0.717, 1.165) is 23.4 Å². The molecule has 2 aromatic carbocycles. The van der Waals surface area contributed by atoms with Gasteiger partial charge in [0.1, 0.15) is 6.07 Å². The van der Waals surface area contributed by atoms with E-state index in [2.05, 4.69) is 42.4 Å². The van der Waals surface area contributed by atoms with Crippen molar-refractivity contribution in [3.63, 3.8) is 0 Å². The van der Waals surface area contributed by atoms with E-state index in [1.165, 1.54) is 5.56 Å². The van der Waals surface area contributed by atoms with Crippen molar-refractivity contribution < 1.29 is 0 Å². The lowest BCUT2D eigenvalue weighted by Gasteiger charge is -2.08. The van der Waals surface area contributed by atoms with Gasteiger partial charge >= 0.3 is 0 Å². The standard InChI is InChI=1S/C18H14ClN3/c1-2-13-6-8-14(9-7-13)18-11-16(12-20)21-22(18)17-5-3-4-15(19)10-17/h3-11H,2H2,1H3. The van der Waals surface area contributed by atoms with Crippen molar-refractivity contribution in [2.24, 2.45) is 0 Å². The average molecular weight is 308 g/mol. The third-order valence-electron chi connectivity index (χ3n) is 3.53. The molecular weight excluding hydrogens is 294 g/mol. The molecule has 0 saturated carbocycles. The predicted octanol–water partition coefficient (Wildman–Crippen LogP) is 4.63. The highest BCUT2D eigenvalue weighted by molar-refractivity contribution is 6.30. The molecule has 0 atom stereocenters. The summed E-state index contributed by atoms with van der Waals surface area (Å²) in [7, 11) is 0. The van der Waals surface area contributed by atoms with Gasteiger partial charge < -0.3 is 0 Å². The zero-order valence-corrected chi connectivity index (χ0v) is 12.9. The second-order valence-corrected chi connectivity index (χ2v) is 5.41. The van der Waals surface area contributed by atoms with Gasteiger partial charge in [-0.1, -0.05) is 48.9 Å². The molecular formula is C18H14ClN3. The number of rotatable bonds is 3. The Balaban J connectivity index is 2.14. The smallest absolute Gasteiger partial charge is 0.163 e. The Morgan fingerprint density at radius 3 is 2.55 bits per heavy atom. The molecule has 0 aliphatic carbocycles. The van der Waals surface area contributed by atoms with Gasteiger partial charge in [0.2, 0.25) is 0 Å². The van der Waals surface area contributed by atoms with E-state index in [9.17, 15) is 0 Å². The molecule has 3 aromatic rings. The highest BCUT2D eigenvalue weighted by atomic mass is 35.5. The van der Waals surface area contributed by atoms with Gasteiger partial charge in [-0.15, -0.1) is 0 Å². The van der Waals surface area contributed by atoms with E-state index in [-0.39, 0.29) is 0 Å². The van der Waals surface area contributed by atoms with Crippen LogP contribution >= 0.6 is 11.6 Å². The minimum atomic E-state index is 0.384. The minimum Gasteiger partial charge on any atom is -0.232 e. The second-order valence-electron chi connectivity index (χ2n) is 4.97. The lowest BCUT2D eigenvalue weighted by molar-refractivity contribution is 0.880. The largest absolute Gasteiger partial charge is 0.232 e. The van der Waals surface area contributed by atoms with Crippen LogP contribution in [0.5, 0.6) is 0 Å². The van der Waals surface area contributed by atoms with Gasteiger partial charge in [0, 0.05) is 16.7 Å². The molecule has 0 spiro atoms. The van der Waals surface area contributed by atoms with Crippen LogP contribution in [0.2, 0.25) is 5.02 Å². The first kappa shape index (κ1) is 14.4. The quantitative estimate of drug-likeness (QED) is 0.708. The van der Waals surface area contributed by atoms with Crippen molar-refractivity contribution in [1.29, 1.82) is 5.26 Å². The van der Waals surface area contributed by atoms with E-state index in [1.807, 2.05) is 24.3 Å². The van der Waals surface area contributed by atoms with Gasteiger partial charge in [0.25, 0.3) is 0 Å². The van der Waals surface area contributed by atoms with Gasteiger partial charge in [0.15, 0.2) is 5.69 Å². The number of aromatic nitrogens is 2. The topological polar surface area (TPSA) is 41.6 Å². The fourth-order valence-corrected chi connectivity index (χ4v) is 2.54. The van der Waals surface area contributed by atoms with Crippen LogP contribution in [-0.4, -0.2) is 9.78 Å². The van der Waals surface area contributed by atoms with E-state index in [1.54, 1.807) is 10.7 Å². The lowest BCUT2D eigenvalue weighted by Crippen LogP contribution is -1.99. The molecule has 0 saturated heterocycles. The van der Waals surface area contributed by atoms with Gasteiger partial charge in [-0.05, 0) is 30.2 Å². The van der Waals surface area contributed by atoms with Crippen LogP contribution < -0.4 is 0 Å². The summed E-state index contributed by atoms with van der Waals surface area (Å²) in [4.78, 5) is 0. The summed E-state index contributed by atoms with van der Waals surface area (Å²) < 4.78 is 1.76. The Kier molecular flexibility index (Phi) is 3.95. The first-order valence-electron chi connectivity index (χ1n) is 7.06. The van der Waals surface area contributed by atoms with Crippen molar-refractivity contribution >= 4 is 11.6 Å². The highest BCUT2D eigenvalue weighted by Crippen LogP contribution is 2.25. The summed E-state index contributed by atoms with van der Waals surface area (Å²) in [5.41, 5.74) is 4.39. The van der Waals surface area contributed by atoms with Crippen molar-refractivity contribution in [3.05, 3.63) is 70.9 Å². The summed E-state index contributed by atoms with van der Waals surface area (Å²) in [5, 5.41) is 14.1. The maximum absolute atomic E-state index is 9.15. The Bertz CT molecular complexity index is 842. The molecule has 0 amide bonds. The van der Waals surface area contributed by atoms with E-state index in [0.29, 0.717) is 10.7 Å². The number of aryl methyl sites for hydroxylation is 1. The lowest BCUT2D eigenvalue weighted by atomic mass is 10.1. The van der Waals surface area contributed by atoms with Crippen LogP contribution in [0.15, 0.2) is 54.6 Å². The number of halogens is 1. The Morgan fingerprint density at radius 1 is 1.14 bits per heavy atom. The maximum atomic E-state index is 9.15. The summed E-state index contributed by atoms with van der Waals surface area (Å²) >= 11 is 6.07. The number of hydrogen-bond acceptors (Lipinski definition) is 2. The number of benzene rings is 2. The number of nitriles is 1. The number of nitrogens with zero attached hydrogens (tertiary/aromatic N) is 3. The van der Waals surface area contributed by atoms with Crippen LogP contribution in [0.3, 0.4) is 0 Å². The molecule has 0 fully saturated rings. The van der Waals surface area contributed by atoms with E-state index < -0.39 is 0 Å². The second kappa shape index (κ2) is 6.05. The monoisotopic (exact) mass is 307 g/mol. The number of hydrogen-bond donors (Lipinski definition) is 0. The molecule has 1 heterocycles. The van der Waals surface area contributed by atoms with Gasteiger partial charge in [-0.25, -0.2) is 4.68 Å². The first-order valence-corrected chi connectivity index (χ1v) is 7.44. The normalized spacial score (nSPS) is 10.4. The molecule has 0 aliphatic rings. The third-order valence-corrected chi connectivity index (χ3v) is 3.77. The molecule has 0 unspecified atom stereocenters. The minimum absolute atomic E-state index is 0.384. The third kappa shape index (κ3) is 2.74. The van der Waals surface area contributed by atoms with E-state index in [4.69, 9.17) is 16.9 Å². The maximum Gasteiger partial charge on any atom is 0.163 e. The van der Waals surface area contributed by atoms with Crippen LogP contribution in [-0.2, 0) is 6.42 Å². The van der Waals surface area contributed by atoms with Crippen molar-refractivity contribution in [2.45, 2.75) is 13.3 Å². The predicted molar refractivity (Wildman–Crippen MR) is 88.1 cm³/mol. The molecule has 0 radical (unpaired) electrons. The summed E-state index contributed by atoms with van der Waals surface area (Å²) in [5.74, 6) is 0. The van der Waals surface area contributed by atoms with Crippen molar-refractivity contribution in [2.75, 3.05) is 0 Å². The van der Waals surface area contributed by atoms with Crippen molar-refractivity contribution in [1.82, 2.24) is 9.78 Å². The summed E-state index contributed by atoms with van der Waals surface area (Å²) in [6.45, 7) is 2.12. The van der Waals surface area contributed by atoms with Crippen molar-refractivity contribution in [3.8, 4) is 23.0 Å². The first-order chi connectivity index (χ1) is 10.7. The molecule has 3 nitrogen and oxygen atoms in total. The molecule has 0 aliphatic heterocycles. The van der Waals surface area contributed by atoms with Gasteiger partial charge in [-0.3, -0.25) is 0 Å². The SMILES string of the molecule is CCc1ccc(-c2cc(C#N)nn2-c2cccc(Cl)c2)cc1. The molecule has 1 aromatic heterocycles. The van der Waals surface area contributed by atoms with Gasteiger partial charge in [0.05, 0.1) is 11.4 Å². The molecule has 4 heteroatoms. The fraction of sp³-hybridized carbons (Fsp3) is 0.111. The fourth-order valence-electron chi connectivity index (χ4n) is 2.36. The summed E-state index contributed by atoms with van der Waals surface area (Å²) in [6, 6.07) is 19.6. The highest BCUT2D eigenvalue weighted by Gasteiger charge is 2.11. The molecule has 22 heavy (non-hydrogen) atoms. The Labute approximate surface area is 134 Å². The Morgan fingerprint density at radius 2 is 1.91 bits per heavy atom. The molecule has 3 rings (SSSR count). The van der Waals surface area contributed by atoms with E-state index >= 15 is 0 Å². The zero-order chi connectivity index (χ0) is 15.5. The molecule has 0 bridgehead atoms. The van der Waals surface area contributed by atoms with Crippen LogP contribution in [0, 0.1) is 11.3 Å². The Hall–Kier alpha value is -2.57. The average Bonchev–Trinajstić information content (AvgIpc) is 2.99. The summed E-state index contributed by atoms with van der Waals surface area (Å²) in [6.07, 6.45) is 0.997. The zero-order valence-electron chi connectivity index (χ0n) is 12.1. The van der Waals surface area contributed by atoms with Crippen LogP contribution in [0.4, 0.5) is 0 Å². The molecule has 108 valence electrons. The van der Waals surface area contributed by atoms with Crippen LogP contribution in [0.1, 0.15) is 18.2 Å². The van der Waals surface area contributed by atoms with Crippen LogP contribution in [0.25, 0.3) is 16.9 Å². The molecule has 0 N–H and O–H groups in total. The van der Waals surface area contributed by atoms with Gasteiger partial charge in [-0.2, -0.15) is 10.4 Å².